The molecule has 0 amide bonds. The van der Waals surface area contributed by atoms with Crippen LogP contribution in [-0.2, 0) is 0 Å². The third kappa shape index (κ3) is 2.70. The van der Waals surface area contributed by atoms with Crippen molar-refractivity contribution in [2.75, 3.05) is 13.7 Å². The van der Waals surface area contributed by atoms with Crippen molar-refractivity contribution in [3.8, 4) is 17.1 Å². The predicted octanol–water partition coefficient (Wildman–Crippen LogP) is 3.85. The minimum absolute atomic E-state index is 0.180. The Bertz CT molecular complexity index is 834. The van der Waals surface area contributed by atoms with Gasteiger partial charge in [0.2, 0.25) is 0 Å². The number of imidazole rings is 1. The summed E-state index contributed by atoms with van der Waals surface area (Å²) in [4.78, 5) is 4.88. The number of fused-ring (bicyclic) bond motifs is 1. The second-order valence-electron chi connectivity index (χ2n) is 6.04. The molecule has 1 unspecified atom stereocenters. The van der Waals surface area contributed by atoms with Gasteiger partial charge < -0.3 is 15.0 Å². The number of benzene rings is 2. The standard InChI is InChI=1S/C19H23N3O/c1-12-9-17-18(10-13(12)2)22(14(3)11-20)19(21-17)15-5-7-16(23-4)8-6-15/h5-10,14H,11,20H2,1-4H3. The number of aromatic nitrogens is 2. The highest BCUT2D eigenvalue weighted by atomic mass is 16.5. The molecule has 0 saturated carbocycles. The molecule has 4 heteroatoms. The number of hydrogen-bond donors (Lipinski definition) is 1. The van der Waals surface area contributed by atoms with Crippen LogP contribution in [0.25, 0.3) is 22.4 Å². The lowest BCUT2D eigenvalue weighted by molar-refractivity contribution is 0.415. The minimum atomic E-state index is 0.180. The van der Waals surface area contributed by atoms with Gasteiger partial charge in [-0.1, -0.05) is 0 Å². The van der Waals surface area contributed by atoms with Crippen molar-refractivity contribution in [1.29, 1.82) is 0 Å². The molecular weight excluding hydrogens is 286 g/mol. The van der Waals surface area contributed by atoms with E-state index in [1.54, 1.807) is 7.11 Å². The van der Waals surface area contributed by atoms with E-state index in [2.05, 4.69) is 37.5 Å². The predicted molar refractivity (Wildman–Crippen MR) is 95.0 cm³/mol. The Labute approximate surface area is 136 Å². The molecular formula is C19H23N3O. The van der Waals surface area contributed by atoms with Crippen molar-refractivity contribution in [1.82, 2.24) is 9.55 Å². The van der Waals surface area contributed by atoms with Crippen molar-refractivity contribution < 1.29 is 4.74 Å². The monoisotopic (exact) mass is 309 g/mol. The van der Waals surface area contributed by atoms with Gasteiger partial charge >= 0.3 is 0 Å². The molecule has 23 heavy (non-hydrogen) atoms. The van der Waals surface area contributed by atoms with Crippen LogP contribution in [0.15, 0.2) is 36.4 Å². The number of nitrogens with zero attached hydrogens (tertiary/aromatic N) is 2. The van der Waals surface area contributed by atoms with Crippen LogP contribution in [0.1, 0.15) is 24.1 Å². The maximum Gasteiger partial charge on any atom is 0.141 e. The zero-order valence-electron chi connectivity index (χ0n) is 14.1. The quantitative estimate of drug-likeness (QED) is 0.796. The molecule has 0 spiro atoms. The largest absolute Gasteiger partial charge is 0.497 e. The molecule has 1 heterocycles. The summed E-state index contributed by atoms with van der Waals surface area (Å²) in [6.07, 6.45) is 0. The number of methoxy groups -OCH3 is 1. The normalized spacial score (nSPS) is 12.6. The lowest BCUT2D eigenvalue weighted by atomic mass is 10.1. The lowest BCUT2D eigenvalue weighted by Gasteiger charge is -2.16. The fraction of sp³-hybridized carbons (Fsp3) is 0.316. The summed E-state index contributed by atoms with van der Waals surface area (Å²) < 4.78 is 7.49. The van der Waals surface area contributed by atoms with Crippen molar-refractivity contribution in [3.05, 3.63) is 47.5 Å². The molecule has 0 saturated heterocycles. The summed E-state index contributed by atoms with van der Waals surface area (Å²) >= 11 is 0. The molecule has 0 radical (unpaired) electrons. The smallest absolute Gasteiger partial charge is 0.141 e. The van der Waals surface area contributed by atoms with Gasteiger partial charge in [0.25, 0.3) is 0 Å². The van der Waals surface area contributed by atoms with Gasteiger partial charge in [-0.25, -0.2) is 4.98 Å². The highest BCUT2D eigenvalue weighted by molar-refractivity contribution is 5.82. The summed E-state index contributed by atoms with van der Waals surface area (Å²) in [6.45, 7) is 6.95. The summed E-state index contributed by atoms with van der Waals surface area (Å²) in [5.74, 6) is 1.79. The van der Waals surface area contributed by atoms with Crippen molar-refractivity contribution >= 4 is 11.0 Å². The number of aryl methyl sites for hydroxylation is 2. The first-order valence-electron chi connectivity index (χ1n) is 7.88. The lowest BCUT2D eigenvalue weighted by Crippen LogP contribution is -2.17. The van der Waals surface area contributed by atoms with Gasteiger partial charge in [-0.2, -0.15) is 0 Å². The minimum Gasteiger partial charge on any atom is -0.497 e. The number of hydrogen-bond acceptors (Lipinski definition) is 3. The number of ether oxygens (including phenoxy) is 1. The zero-order valence-corrected chi connectivity index (χ0v) is 14.1. The van der Waals surface area contributed by atoms with Gasteiger partial charge in [0.15, 0.2) is 0 Å². The molecule has 0 aliphatic heterocycles. The van der Waals surface area contributed by atoms with E-state index in [0.29, 0.717) is 6.54 Å². The molecule has 4 nitrogen and oxygen atoms in total. The number of nitrogens with two attached hydrogens (primary N) is 1. The first kappa shape index (κ1) is 15.6. The maximum atomic E-state index is 5.95. The summed E-state index contributed by atoms with van der Waals surface area (Å²) in [6, 6.07) is 12.5. The summed E-state index contributed by atoms with van der Waals surface area (Å²) in [5, 5.41) is 0. The third-order valence-corrected chi connectivity index (χ3v) is 4.44. The van der Waals surface area contributed by atoms with E-state index in [1.165, 1.54) is 11.1 Å². The highest BCUT2D eigenvalue weighted by Gasteiger charge is 2.17. The molecule has 2 aromatic carbocycles. The van der Waals surface area contributed by atoms with E-state index in [4.69, 9.17) is 15.5 Å². The van der Waals surface area contributed by atoms with E-state index in [9.17, 15) is 0 Å². The van der Waals surface area contributed by atoms with Gasteiger partial charge in [-0.15, -0.1) is 0 Å². The Morgan fingerprint density at radius 2 is 1.78 bits per heavy atom. The van der Waals surface area contributed by atoms with Crippen LogP contribution in [0, 0.1) is 13.8 Å². The first-order valence-corrected chi connectivity index (χ1v) is 7.88. The highest BCUT2D eigenvalue weighted by Crippen LogP contribution is 2.30. The Morgan fingerprint density at radius 1 is 1.13 bits per heavy atom. The second kappa shape index (κ2) is 6.05. The molecule has 0 bridgehead atoms. The SMILES string of the molecule is COc1ccc(-c2nc3cc(C)c(C)cc3n2C(C)CN)cc1. The molecule has 1 aromatic heterocycles. The van der Waals surface area contributed by atoms with Crippen LogP contribution in [0.3, 0.4) is 0 Å². The molecule has 120 valence electrons. The van der Waals surface area contributed by atoms with E-state index in [-0.39, 0.29) is 6.04 Å². The maximum absolute atomic E-state index is 5.95. The average Bonchev–Trinajstić information content (AvgIpc) is 2.93. The van der Waals surface area contributed by atoms with Crippen molar-refractivity contribution in [3.63, 3.8) is 0 Å². The average molecular weight is 309 g/mol. The van der Waals surface area contributed by atoms with Crippen LogP contribution < -0.4 is 10.5 Å². The fourth-order valence-corrected chi connectivity index (χ4v) is 2.85. The Kier molecular flexibility index (Phi) is 4.09. The summed E-state index contributed by atoms with van der Waals surface area (Å²) in [5.41, 5.74) is 11.7. The van der Waals surface area contributed by atoms with Gasteiger partial charge in [0.1, 0.15) is 11.6 Å². The Hall–Kier alpha value is -2.33. The molecule has 2 N–H and O–H groups in total. The van der Waals surface area contributed by atoms with Gasteiger partial charge in [0.05, 0.1) is 18.1 Å². The summed E-state index contributed by atoms with van der Waals surface area (Å²) in [7, 11) is 1.67. The van der Waals surface area contributed by atoms with Crippen LogP contribution in [0.4, 0.5) is 0 Å². The van der Waals surface area contributed by atoms with E-state index in [0.717, 1.165) is 28.2 Å². The van der Waals surface area contributed by atoms with Crippen molar-refractivity contribution in [2.45, 2.75) is 26.8 Å². The van der Waals surface area contributed by atoms with E-state index >= 15 is 0 Å². The molecule has 0 fully saturated rings. The molecule has 0 aliphatic carbocycles. The molecule has 1 atom stereocenters. The van der Waals surface area contributed by atoms with Crippen molar-refractivity contribution in [2.24, 2.45) is 5.73 Å². The van der Waals surface area contributed by atoms with E-state index < -0.39 is 0 Å². The van der Waals surface area contributed by atoms with Crippen LogP contribution >= 0.6 is 0 Å². The fourth-order valence-electron chi connectivity index (χ4n) is 2.85. The number of rotatable bonds is 4. The van der Waals surface area contributed by atoms with E-state index in [1.807, 2.05) is 24.3 Å². The zero-order chi connectivity index (χ0) is 16.6. The Balaban J connectivity index is 2.25. The molecule has 0 aliphatic rings. The first-order chi connectivity index (χ1) is 11.0. The third-order valence-electron chi connectivity index (χ3n) is 4.44. The topological polar surface area (TPSA) is 53.1 Å². The Morgan fingerprint density at radius 3 is 2.39 bits per heavy atom. The van der Waals surface area contributed by atoms with Gasteiger partial charge in [0, 0.05) is 18.2 Å². The van der Waals surface area contributed by atoms with Gasteiger partial charge in [-0.05, 0) is 68.3 Å². The second-order valence-corrected chi connectivity index (χ2v) is 6.04. The molecule has 3 rings (SSSR count). The van der Waals surface area contributed by atoms with Crippen LogP contribution in [0.2, 0.25) is 0 Å². The molecule has 3 aromatic rings. The van der Waals surface area contributed by atoms with Crippen LogP contribution in [0.5, 0.6) is 5.75 Å². The van der Waals surface area contributed by atoms with Gasteiger partial charge in [-0.3, -0.25) is 0 Å². The van der Waals surface area contributed by atoms with Crippen LogP contribution in [-0.4, -0.2) is 23.2 Å².